The summed E-state index contributed by atoms with van der Waals surface area (Å²) in [6.07, 6.45) is 4.03. The summed E-state index contributed by atoms with van der Waals surface area (Å²) in [7, 11) is -1.97. The Balaban J connectivity index is 2.24. The van der Waals surface area contributed by atoms with Crippen LogP contribution in [0.1, 0.15) is 24.7 Å². The summed E-state index contributed by atoms with van der Waals surface area (Å²) in [6, 6.07) is 0. The lowest BCUT2D eigenvalue weighted by atomic mass is 10.3. The number of aromatic nitrogens is 4. The molecule has 2 aromatic rings. The number of aromatic amines is 1. The van der Waals surface area contributed by atoms with Crippen LogP contribution < -0.4 is 10.0 Å². The van der Waals surface area contributed by atoms with Crippen LogP contribution in [-0.2, 0) is 23.6 Å². The SMILES string of the molecule is CCCNCc1n[nH]c(C)c1S(=O)(=O)Nc1cnn(C)c1. The minimum atomic E-state index is -3.69. The second kappa shape index (κ2) is 6.27. The molecule has 0 spiro atoms. The lowest BCUT2D eigenvalue weighted by molar-refractivity contribution is 0.596. The number of anilines is 1. The zero-order valence-electron chi connectivity index (χ0n) is 12.3. The van der Waals surface area contributed by atoms with Gasteiger partial charge in [0.2, 0.25) is 0 Å². The molecule has 0 aromatic carbocycles. The highest BCUT2D eigenvalue weighted by atomic mass is 32.2. The summed E-state index contributed by atoms with van der Waals surface area (Å²) in [5.74, 6) is 0. The van der Waals surface area contributed by atoms with E-state index in [9.17, 15) is 8.42 Å². The molecule has 2 heterocycles. The molecule has 8 nitrogen and oxygen atoms in total. The predicted molar refractivity (Wildman–Crippen MR) is 79.3 cm³/mol. The van der Waals surface area contributed by atoms with E-state index in [0.29, 0.717) is 23.6 Å². The minimum absolute atomic E-state index is 0.190. The quantitative estimate of drug-likeness (QED) is 0.654. The maximum Gasteiger partial charge on any atom is 0.265 e. The molecule has 21 heavy (non-hydrogen) atoms. The van der Waals surface area contributed by atoms with Gasteiger partial charge in [0, 0.05) is 19.8 Å². The summed E-state index contributed by atoms with van der Waals surface area (Å²) in [4.78, 5) is 0.190. The van der Waals surface area contributed by atoms with Gasteiger partial charge in [-0.25, -0.2) is 8.42 Å². The molecule has 3 N–H and O–H groups in total. The van der Waals surface area contributed by atoms with Crippen molar-refractivity contribution < 1.29 is 8.42 Å². The van der Waals surface area contributed by atoms with Gasteiger partial charge in [-0.05, 0) is 19.9 Å². The Labute approximate surface area is 124 Å². The lowest BCUT2D eigenvalue weighted by Crippen LogP contribution is -2.19. The van der Waals surface area contributed by atoms with E-state index in [1.165, 1.54) is 10.9 Å². The highest BCUT2D eigenvalue weighted by molar-refractivity contribution is 7.92. The molecular formula is C12H20N6O2S. The van der Waals surface area contributed by atoms with Gasteiger partial charge >= 0.3 is 0 Å². The van der Waals surface area contributed by atoms with Crippen LogP contribution in [0.25, 0.3) is 0 Å². The van der Waals surface area contributed by atoms with E-state index in [-0.39, 0.29) is 4.90 Å². The molecule has 0 aliphatic rings. The van der Waals surface area contributed by atoms with Gasteiger partial charge in [0.05, 0.1) is 23.3 Å². The number of rotatable bonds is 7. The standard InChI is InChI=1S/C12H20N6O2S/c1-4-5-13-7-11-12(9(2)15-16-11)21(19,20)17-10-6-14-18(3)8-10/h6,8,13,17H,4-5,7H2,1-3H3,(H,15,16). The average Bonchev–Trinajstić information content (AvgIpc) is 2.96. The molecule has 2 rings (SSSR count). The Morgan fingerprint density at radius 2 is 2.19 bits per heavy atom. The van der Waals surface area contributed by atoms with Crippen LogP contribution in [0.5, 0.6) is 0 Å². The van der Waals surface area contributed by atoms with Gasteiger partial charge in [-0.1, -0.05) is 6.92 Å². The van der Waals surface area contributed by atoms with Crippen molar-refractivity contribution in [2.24, 2.45) is 7.05 Å². The third-order valence-corrected chi connectivity index (χ3v) is 4.49. The van der Waals surface area contributed by atoms with E-state index in [2.05, 4.69) is 25.3 Å². The van der Waals surface area contributed by atoms with Crippen LogP contribution in [-0.4, -0.2) is 34.9 Å². The maximum absolute atomic E-state index is 12.5. The van der Waals surface area contributed by atoms with Crippen molar-refractivity contribution in [2.45, 2.75) is 31.7 Å². The van der Waals surface area contributed by atoms with Gasteiger partial charge in [-0.15, -0.1) is 0 Å². The van der Waals surface area contributed by atoms with E-state index in [0.717, 1.165) is 13.0 Å². The number of hydrogen-bond donors (Lipinski definition) is 3. The molecule has 0 atom stereocenters. The zero-order valence-corrected chi connectivity index (χ0v) is 13.2. The Hall–Kier alpha value is -1.87. The molecule has 0 fully saturated rings. The van der Waals surface area contributed by atoms with Crippen LogP contribution in [0.15, 0.2) is 17.3 Å². The molecule has 9 heteroatoms. The van der Waals surface area contributed by atoms with Gasteiger partial charge in [0.25, 0.3) is 10.0 Å². The third kappa shape index (κ3) is 3.61. The van der Waals surface area contributed by atoms with E-state index in [4.69, 9.17) is 0 Å². The van der Waals surface area contributed by atoms with Crippen LogP contribution in [0.2, 0.25) is 0 Å². The smallest absolute Gasteiger partial charge is 0.265 e. The zero-order chi connectivity index (χ0) is 15.5. The van der Waals surface area contributed by atoms with E-state index in [1.54, 1.807) is 20.2 Å². The van der Waals surface area contributed by atoms with Gasteiger partial charge in [0.15, 0.2) is 0 Å². The minimum Gasteiger partial charge on any atom is -0.311 e. The predicted octanol–water partition coefficient (Wildman–Crippen LogP) is 0.752. The fraction of sp³-hybridized carbons (Fsp3) is 0.500. The van der Waals surface area contributed by atoms with Crippen molar-refractivity contribution in [3.8, 4) is 0 Å². The Bertz CT molecular complexity index is 703. The molecule has 0 bridgehead atoms. The molecule has 116 valence electrons. The Kier molecular flexibility index (Phi) is 4.63. The monoisotopic (exact) mass is 312 g/mol. The molecule has 0 saturated heterocycles. The molecule has 0 aliphatic carbocycles. The normalized spacial score (nSPS) is 11.8. The van der Waals surface area contributed by atoms with Gasteiger partial charge < -0.3 is 5.32 Å². The molecule has 0 unspecified atom stereocenters. The first-order valence-electron chi connectivity index (χ1n) is 6.70. The summed E-state index contributed by atoms with van der Waals surface area (Å²) in [5, 5.41) is 13.9. The maximum atomic E-state index is 12.5. The van der Waals surface area contributed by atoms with E-state index < -0.39 is 10.0 Å². The Morgan fingerprint density at radius 3 is 2.81 bits per heavy atom. The number of nitrogens with one attached hydrogen (secondary N) is 3. The fourth-order valence-corrected chi connectivity index (χ4v) is 3.40. The van der Waals surface area contributed by atoms with Crippen LogP contribution in [0.3, 0.4) is 0 Å². The first kappa shape index (κ1) is 15.5. The number of sulfonamides is 1. The molecule has 2 aromatic heterocycles. The topological polar surface area (TPSA) is 105 Å². The average molecular weight is 312 g/mol. The van der Waals surface area contributed by atoms with Crippen molar-refractivity contribution in [3.63, 3.8) is 0 Å². The Morgan fingerprint density at radius 1 is 1.43 bits per heavy atom. The lowest BCUT2D eigenvalue weighted by Gasteiger charge is -2.08. The second-order valence-corrected chi connectivity index (χ2v) is 6.43. The van der Waals surface area contributed by atoms with Crippen molar-refractivity contribution >= 4 is 15.7 Å². The first-order chi connectivity index (χ1) is 9.94. The number of nitrogens with zero attached hydrogens (tertiary/aromatic N) is 3. The molecule has 0 aliphatic heterocycles. The van der Waals surface area contributed by atoms with Gasteiger partial charge in [-0.3, -0.25) is 14.5 Å². The summed E-state index contributed by atoms with van der Waals surface area (Å²) in [6.45, 7) is 4.95. The van der Waals surface area contributed by atoms with E-state index >= 15 is 0 Å². The number of hydrogen-bond acceptors (Lipinski definition) is 5. The van der Waals surface area contributed by atoms with Crippen LogP contribution in [0, 0.1) is 6.92 Å². The molecule has 0 amide bonds. The van der Waals surface area contributed by atoms with Gasteiger partial charge in [-0.2, -0.15) is 10.2 Å². The third-order valence-electron chi connectivity index (χ3n) is 2.91. The van der Waals surface area contributed by atoms with Crippen LogP contribution in [0.4, 0.5) is 5.69 Å². The van der Waals surface area contributed by atoms with Crippen LogP contribution >= 0.6 is 0 Å². The van der Waals surface area contributed by atoms with E-state index in [1.807, 2.05) is 6.92 Å². The summed E-state index contributed by atoms with van der Waals surface area (Å²) < 4.78 is 29.1. The number of aryl methyl sites for hydroxylation is 2. The molecule has 0 radical (unpaired) electrons. The van der Waals surface area contributed by atoms with Crippen molar-refractivity contribution in [1.29, 1.82) is 0 Å². The molecular weight excluding hydrogens is 292 g/mol. The first-order valence-corrected chi connectivity index (χ1v) is 8.18. The second-order valence-electron chi connectivity index (χ2n) is 4.81. The largest absolute Gasteiger partial charge is 0.311 e. The van der Waals surface area contributed by atoms with Gasteiger partial charge in [0.1, 0.15) is 4.90 Å². The summed E-state index contributed by atoms with van der Waals surface area (Å²) in [5.41, 5.74) is 1.42. The highest BCUT2D eigenvalue weighted by Gasteiger charge is 2.24. The van der Waals surface area contributed by atoms with Crippen molar-refractivity contribution in [2.75, 3.05) is 11.3 Å². The summed E-state index contributed by atoms with van der Waals surface area (Å²) >= 11 is 0. The van der Waals surface area contributed by atoms with Crippen molar-refractivity contribution in [3.05, 3.63) is 23.8 Å². The number of H-pyrrole nitrogens is 1. The van der Waals surface area contributed by atoms with Crippen molar-refractivity contribution in [1.82, 2.24) is 25.3 Å². The fourth-order valence-electron chi connectivity index (χ4n) is 2.01. The highest BCUT2D eigenvalue weighted by Crippen LogP contribution is 2.21. The molecule has 0 saturated carbocycles.